The number of anilines is 2. The van der Waals surface area contributed by atoms with Gasteiger partial charge in [0, 0.05) is 30.2 Å². The van der Waals surface area contributed by atoms with Crippen LogP contribution in [0.4, 0.5) is 11.4 Å². The van der Waals surface area contributed by atoms with Crippen molar-refractivity contribution in [1.82, 2.24) is 20.7 Å². The fraction of sp³-hybridized carbons (Fsp3) is 0.214. The summed E-state index contributed by atoms with van der Waals surface area (Å²) in [4.78, 5) is 0. The molecule has 0 amide bonds. The van der Waals surface area contributed by atoms with E-state index in [0.717, 1.165) is 33.9 Å². The maximum Gasteiger partial charge on any atom is 0.0790 e. The van der Waals surface area contributed by atoms with Gasteiger partial charge in [-0.2, -0.15) is 5.10 Å². The Morgan fingerprint density at radius 2 is 2.05 bits per heavy atom. The monoisotopic (exact) mass is 270 g/mol. The van der Waals surface area contributed by atoms with Crippen LogP contribution in [-0.2, 0) is 7.05 Å². The van der Waals surface area contributed by atoms with Gasteiger partial charge in [0.25, 0.3) is 0 Å². The van der Waals surface area contributed by atoms with Crippen LogP contribution in [0.15, 0.2) is 30.6 Å². The minimum Gasteiger partial charge on any atom is -0.399 e. The SMILES string of the molecule is Cc1ccc(N)cc1N1C=C(c2cnn(C)c2C)NN1. The lowest BCUT2D eigenvalue weighted by molar-refractivity contribution is 0.686. The Labute approximate surface area is 117 Å². The van der Waals surface area contributed by atoms with E-state index < -0.39 is 0 Å². The maximum absolute atomic E-state index is 5.86. The summed E-state index contributed by atoms with van der Waals surface area (Å²) in [5.74, 6) is 0. The molecule has 1 aliphatic heterocycles. The Hall–Kier alpha value is -2.47. The van der Waals surface area contributed by atoms with Crippen molar-refractivity contribution in [3.8, 4) is 0 Å². The van der Waals surface area contributed by atoms with Crippen LogP contribution in [0, 0.1) is 13.8 Å². The van der Waals surface area contributed by atoms with E-state index in [4.69, 9.17) is 5.73 Å². The van der Waals surface area contributed by atoms with E-state index in [1.165, 1.54) is 0 Å². The first-order valence-corrected chi connectivity index (χ1v) is 6.44. The van der Waals surface area contributed by atoms with Gasteiger partial charge in [-0.15, -0.1) is 5.53 Å². The fourth-order valence-corrected chi connectivity index (χ4v) is 2.23. The van der Waals surface area contributed by atoms with Crippen LogP contribution >= 0.6 is 0 Å². The number of nitrogen functional groups attached to an aromatic ring is 1. The molecule has 6 nitrogen and oxygen atoms in total. The van der Waals surface area contributed by atoms with Gasteiger partial charge in [-0.25, -0.2) is 0 Å². The predicted octanol–water partition coefficient (Wildman–Crippen LogP) is 1.45. The molecule has 1 aromatic carbocycles. The molecule has 0 saturated heterocycles. The minimum atomic E-state index is 0.742. The molecule has 0 unspecified atom stereocenters. The second-order valence-electron chi connectivity index (χ2n) is 4.96. The molecule has 20 heavy (non-hydrogen) atoms. The third-order valence-corrected chi connectivity index (χ3v) is 3.59. The summed E-state index contributed by atoms with van der Waals surface area (Å²) in [7, 11) is 1.93. The molecule has 3 rings (SSSR count). The quantitative estimate of drug-likeness (QED) is 0.720. The highest BCUT2D eigenvalue weighted by Gasteiger charge is 2.18. The van der Waals surface area contributed by atoms with Gasteiger partial charge in [0.1, 0.15) is 0 Å². The zero-order chi connectivity index (χ0) is 14.3. The summed E-state index contributed by atoms with van der Waals surface area (Å²) in [6.45, 7) is 4.09. The van der Waals surface area contributed by atoms with Crippen molar-refractivity contribution in [3.05, 3.63) is 47.4 Å². The van der Waals surface area contributed by atoms with Crippen LogP contribution in [0.1, 0.15) is 16.8 Å². The first kappa shape index (κ1) is 12.6. The van der Waals surface area contributed by atoms with Gasteiger partial charge in [-0.3, -0.25) is 9.69 Å². The van der Waals surface area contributed by atoms with Crippen molar-refractivity contribution in [1.29, 1.82) is 0 Å². The maximum atomic E-state index is 5.86. The largest absolute Gasteiger partial charge is 0.399 e. The predicted molar refractivity (Wildman–Crippen MR) is 80.3 cm³/mol. The molecule has 0 atom stereocenters. The molecule has 2 aromatic rings. The second-order valence-corrected chi connectivity index (χ2v) is 4.96. The van der Waals surface area contributed by atoms with Crippen LogP contribution in [0.5, 0.6) is 0 Å². The molecule has 4 N–H and O–H groups in total. The summed E-state index contributed by atoms with van der Waals surface area (Å²) >= 11 is 0. The van der Waals surface area contributed by atoms with E-state index in [2.05, 4.69) is 23.0 Å². The van der Waals surface area contributed by atoms with Gasteiger partial charge in [0.15, 0.2) is 0 Å². The lowest BCUT2D eigenvalue weighted by Gasteiger charge is -2.17. The van der Waals surface area contributed by atoms with Crippen molar-refractivity contribution in [2.24, 2.45) is 7.05 Å². The summed E-state index contributed by atoms with van der Waals surface area (Å²) in [6.07, 6.45) is 3.86. The molecular weight excluding hydrogens is 252 g/mol. The molecular formula is C14H18N6. The van der Waals surface area contributed by atoms with E-state index >= 15 is 0 Å². The highest BCUT2D eigenvalue weighted by molar-refractivity contribution is 5.72. The molecule has 0 radical (unpaired) electrons. The highest BCUT2D eigenvalue weighted by atomic mass is 15.7. The third-order valence-electron chi connectivity index (χ3n) is 3.59. The highest BCUT2D eigenvalue weighted by Crippen LogP contribution is 2.26. The number of aromatic nitrogens is 2. The van der Waals surface area contributed by atoms with E-state index in [-0.39, 0.29) is 0 Å². The number of hydrazine groups is 2. The number of nitrogens with one attached hydrogen (secondary N) is 2. The van der Waals surface area contributed by atoms with E-state index in [0.29, 0.717) is 0 Å². The van der Waals surface area contributed by atoms with E-state index in [1.807, 2.05) is 54.3 Å². The van der Waals surface area contributed by atoms with Crippen LogP contribution in [0.2, 0.25) is 0 Å². The number of hydrogen-bond acceptors (Lipinski definition) is 5. The van der Waals surface area contributed by atoms with Crippen molar-refractivity contribution >= 4 is 17.1 Å². The van der Waals surface area contributed by atoms with Gasteiger partial charge >= 0.3 is 0 Å². The molecule has 0 bridgehead atoms. The second kappa shape index (κ2) is 4.57. The van der Waals surface area contributed by atoms with Crippen molar-refractivity contribution in [2.45, 2.75) is 13.8 Å². The Bertz CT molecular complexity index is 685. The number of nitrogens with zero attached hydrogens (tertiary/aromatic N) is 3. The third kappa shape index (κ3) is 2.00. The molecule has 1 aliphatic rings. The normalized spacial score (nSPS) is 14.3. The lowest BCUT2D eigenvalue weighted by Crippen LogP contribution is -2.36. The van der Waals surface area contributed by atoms with Crippen LogP contribution in [0.25, 0.3) is 5.70 Å². The van der Waals surface area contributed by atoms with Crippen LogP contribution < -0.4 is 21.7 Å². The number of rotatable bonds is 2. The van der Waals surface area contributed by atoms with Gasteiger partial charge in [-0.05, 0) is 31.5 Å². The van der Waals surface area contributed by atoms with Crippen molar-refractivity contribution < 1.29 is 0 Å². The minimum absolute atomic E-state index is 0.742. The topological polar surface area (TPSA) is 71.1 Å². The van der Waals surface area contributed by atoms with E-state index in [1.54, 1.807) is 0 Å². The first-order valence-electron chi connectivity index (χ1n) is 6.44. The molecule has 0 spiro atoms. The van der Waals surface area contributed by atoms with Crippen molar-refractivity contribution in [2.75, 3.05) is 10.7 Å². The lowest BCUT2D eigenvalue weighted by atomic mass is 10.1. The first-order chi connectivity index (χ1) is 9.56. The zero-order valence-electron chi connectivity index (χ0n) is 11.8. The molecule has 0 fully saturated rings. The average Bonchev–Trinajstić information content (AvgIpc) is 3.01. The van der Waals surface area contributed by atoms with Crippen LogP contribution in [0.3, 0.4) is 0 Å². The molecule has 6 heteroatoms. The van der Waals surface area contributed by atoms with Gasteiger partial charge in [0.2, 0.25) is 0 Å². The van der Waals surface area contributed by atoms with Crippen LogP contribution in [-0.4, -0.2) is 9.78 Å². The summed E-state index contributed by atoms with van der Waals surface area (Å²) < 4.78 is 1.85. The summed E-state index contributed by atoms with van der Waals surface area (Å²) in [6, 6.07) is 5.85. The number of aryl methyl sites for hydroxylation is 2. The van der Waals surface area contributed by atoms with Gasteiger partial charge < -0.3 is 11.2 Å². The molecule has 104 valence electrons. The number of hydrogen-bond donors (Lipinski definition) is 3. The van der Waals surface area contributed by atoms with Gasteiger partial charge in [-0.1, -0.05) is 6.07 Å². The smallest absolute Gasteiger partial charge is 0.0790 e. The standard InChI is InChI=1S/C14H18N6/c1-9-4-5-11(15)6-14(9)20-8-13(17-18-20)12-7-16-19(3)10(12)2/h4-8,17-18H,15H2,1-3H3. The van der Waals surface area contributed by atoms with Crippen molar-refractivity contribution in [3.63, 3.8) is 0 Å². The molecule has 1 aromatic heterocycles. The molecule has 0 aliphatic carbocycles. The average molecular weight is 270 g/mol. The van der Waals surface area contributed by atoms with E-state index in [9.17, 15) is 0 Å². The Morgan fingerprint density at radius 1 is 1.25 bits per heavy atom. The Morgan fingerprint density at radius 3 is 2.75 bits per heavy atom. The van der Waals surface area contributed by atoms with Gasteiger partial charge in [0.05, 0.1) is 17.6 Å². The summed E-state index contributed by atoms with van der Waals surface area (Å²) in [5.41, 5.74) is 18.2. The molecule has 2 heterocycles. The Balaban J connectivity index is 1.95. The Kier molecular flexibility index (Phi) is 2.87. The number of nitrogens with two attached hydrogens (primary N) is 1. The molecule has 0 saturated carbocycles. The zero-order valence-corrected chi connectivity index (χ0v) is 11.8. The summed E-state index contributed by atoms with van der Waals surface area (Å²) in [5, 5.41) is 6.18. The fourth-order valence-electron chi connectivity index (χ4n) is 2.23. The number of benzene rings is 1.